The number of anilines is 1. The molecule has 25 heavy (non-hydrogen) atoms. The van der Waals surface area contributed by atoms with Crippen LogP contribution in [0.15, 0.2) is 42.5 Å². The number of carbonyl (C=O) groups is 2. The van der Waals surface area contributed by atoms with Gasteiger partial charge in [0, 0.05) is 5.69 Å². The van der Waals surface area contributed by atoms with Crippen molar-refractivity contribution in [2.24, 2.45) is 0 Å². The second-order valence-corrected chi connectivity index (χ2v) is 5.79. The van der Waals surface area contributed by atoms with E-state index >= 15 is 0 Å². The third-order valence-corrected chi connectivity index (χ3v) is 3.86. The molecule has 0 unspecified atom stereocenters. The van der Waals surface area contributed by atoms with Crippen LogP contribution in [0.3, 0.4) is 0 Å². The van der Waals surface area contributed by atoms with E-state index in [0.29, 0.717) is 11.5 Å². The molecule has 2 aromatic rings. The molecule has 0 fully saturated rings. The SMILES string of the molecule is Cc1cccc(C)c1NC(=O)COC(=O)[C@@H]1COc2ccccc2O1. The lowest BCUT2D eigenvalue weighted by Crippen LogP contribution is -2.39. The van der Waals surface area contributed by atoms with E-state index in [1.54, 1.807) is 18.2 Å². The van der Waals surface area contributed by atoms with Crippen LogP contribution in [0.1, 0.15) is 11.1 Å². The van der Waals surface area contributed by atoms with Gasteiger partial charge in [-0.1, -0.05) is 30.3 Å². The van der Waals surface area contributed by atoms with Crippen LogP contribution < -0.4 is 14.8 Å². The third-order valence-electron chi connectivity index (χ3n) is 3.86. The van der Waals surface area contributed by atoms with E-state index in [4.69, 9.17) is 14.2 Å². The highest BCUT2D eigenvalue weighted by Gasteiger charge is 2.29. The van der Waals surface area contributed by atoms with Gasteiger partial charge in [-0.25, -0.2) is 4.79 Å². The summed E-state index contributed by atoms with van der Waals surface area (Å²) in [5.74, 6) is 0.0315. The van der Waals surface area contributed by atoms with Gasteiger partial charge in [0.05, 0.1) is 0 Å². The predicted molar refractivity (Wildman–Crippen MR) is 91.9 cm³/mol. The lowest BCUT2D eigenvalue weighted by atomic mass is 10.1. The highest BCUT2D eigenvalue weighted by molar-refractivity contribution is 5.94. The molecule has 1 atom stereocenters. The average Bonchev–Trinajstić information content (AvgIpc) is 2.62. The summed E-state index contributed by atoms with van der Waals surface area (Å²) in [6.07, 6.45) is -0.886. The minimum atomic E-state index is -0.886. The summed E-state index contributed by atoms with van der Waals surface area (Å²) in [6, 6.07) is 12.8. The maximum Gasteiger partial charge on any atom is 0.351 e. The summed E-state index contributed by atoms with van der Waals surface area (Å²) in [5.41, 5.74) is 2.62. The zero-order valence-electron chi connectivity index (χ0n) is 14.1. The number of para-hydroxylation sites is 3. The molecular weight excluding hydrogens is 322 g/mol. The lowest BCUT2D eigenvalue weighted by molar-refractivity contribution is -0.156. The van der Waals surface area contributed by atoms with Crippen LogP contribution in [0.4, 0.5) is 5.69 Å². The Morgan fingerprint density at radius 1 is 1.08 bits per heavy atom. The predicted octanol–water partition coefficient (Wildman–Crippen LogP) is 2.63. The van der Waals surface area contributed by atoms with Crippen molar-refractivity contribution in [1.82, 2.24) is 0 Å². The minimum Gasteiger partial charge on any atom is -0.485 e. The maximum atomic E-state index is 12.1. The Bertz CT molecular complexity index is 782. The molecule has 3 rings (SSSR count). The monoisotopic (exact) mass is 341 g/mol. The molecule has 1 aliphatic rings. The van der Waals surface area contributed by atoms with Gasteiger partial charge >= 0.3 is 5.97 Å². The molecule has 1 N–H and O–H groups in total. The number of nitrogens with one attached hydrogen (secondary N) is 1. The van der Waals surface area contributed by atoms with Gasteiger partial charge in [0.2, 0.25) is 6.10 Å². The summed E-state index contributed by atoms with van der Waals surface area (Å²) in [7, 11) is 0. The van der Waals surface area contributed by atoms with Crippen molar-refractivity contribution in [3.05, 3.63) is 53.6 Å². The number of aryl methyl sites for hydroxylation is 2. The molecule has 6 heteroatoms. The second-order valence-electron chi connectivity index (χ2n) is 5.79. The van der Waals surface area contributed by atoms with Gasteiger partial charge in [0.1, 0.15) is 6.61 Å². The average molecular weight is 341 g/mol. The summed E-state index contributed by atoms with van der Waals surface area (Å²) in [6.45, 7) is 3.47. The molecule has 0 aliphatic carbocycles. The van der Waals surface area contributed by atoms with Crippen molar-refractivity contribution in [2.45, 2.75) is 20.0 Å². The third kappa shape index (κ3) is 3.91. The van der Waals surface area contributed by atoms with Crippen LogP contribution in [0.25, 0.3) is 0 Å². The zero-order valence-corrected chi connectivity index (χ0v) is 14.1. The highest BCUT2D eigenvalue weighted by Crippen LogP contribution is 2.31. The summed E-state index contributed by atoms with van der Waals surface area (Å²) in [4.78, 5) is 24.1. The molecule has 0 radical (unpaired) electrons. The van der Waals surface area contributed by atoms with Crippen LogP contribution in [0.2, 0.25) is 0 Å². The normalized spacial score (nSPS) is 15.4. The molecule has 0 saturated carbocycles. The van der Waals surface area contributed by atoms with E-state index in [1.165, 1.54) is 0 Å². The van der Waals surface area contributed by atoms with Gasteiger partial charge in [-0.05, 0) is 37.1 Å². The largest absolute Gasteiger partial charge is 0.485 e. The van der Waals surface area contributed by atoms with Crippen LogP contribution >= 0.6 is 0 Å². The molecule has 0 spiro atoms. The summed E-state index contributed by atoms with van der Waals surface area (Å²) >= 11 is 0. The van der Waals surface area contributed by atoms with E-state index in [2.05, 4.69) is 5.32 Å². The lowest BCUT2D eigenvalue weighted by Gasteiger charge is -2.24. The molecule has 1 heterocycles. The standard InChI is InChI=1S/C19H19NO5/c1-12-6-5-7-13(2)18(12)20-17(21)11-24-19(22)16-10-23-14-8-3-4-9-15(14)25-16/h3-9,16H,10-11H2,1-2H3,(H,20,21)/t16-/m0/s1. The highest BCUT2D eigenvalue weighted by atomic mass is 16.6. The smallest absolute Gasteiger partial charge is 0.351 e. The van der Waals surface area contributed by atoms with E-state index in [-0.39, 0.29) is 13.2 Å². The van der Waals surface area contributed by atoms with E-state index in [9.17, 15) is 9.59 Å². The maximum absolute atomic E-state index is 12.1. The molecule has 1 amide bonds. The zero-order chi connectivity index (χ0) is 17.8. The fraction of sp³-hybridized carbons (Fsp3) is 0.263. The topological polar surface area (TPSA) is 73.9 Å². The number of esters is 1. The molecular formula is C19H19NO5. The van der Waals surface area contributed by atoms with Crippen LogP contribution in [0.5, 0.6) is 11.5 Å². The summed E-state index contributed by atoms with van der Waals surface area (Å²) < 4.78 is 16.1. The Morgan fingerprint density at radius 3 is 2.48 bits per heavy atom. The molecule has 0 aromatic heterocycles. The quantitative estimate of drug-likeness (QED) is 0.866. The first-order chi connectivity index (χ1) is 12.0. The first-order valence-electron chi connectivity index (χ1n) is 7.96. The van der Waals surface area contributed by atoms with Crippen LogP contribution in [-0.2, 0) is 14.3 Å². The fourth-order valence-corrected chi connectivity index (χ4v) is 2.55. The van der Waals surface area contributed by atoms with Crippen LogP contribution in [-0.4, -0.2) is 31.2 Å². The van der Waals surface area contributed by atoms with E-state index in [0.717, 1.165) is 16.8 Å². The fourth-order valence-electron chi connectivity index (χ4n) is 2.55. The van der Waals surface area contributed by atoms with E-state index < -0.39 is 18.0 Å². The minimum absolute atomic E-state index is 0.0500. The van der Waals surface area contributed by atoms with Gasteiger partial charge in [0.15, 0.2) is 18.1 Å². The number of amides is 1. The molecule has 130 valence electrons. The Balaban J connectivity index is 1.53. The Kier molecular flexibility index (Phi) is 4.88. The first-order valence-corrected chi connectivity index (χ1v) is 7.96. The van der Waals surface area contributed by atoms with Crippen molar-refractivity contribution in [1.29, 1.82) is 0 Å². The molecule has 0 saturated heterocycles. The second kappa shape index (κ2) is 7.25. The van der Waals surface area contributed by atoms with E-state index in [1.807, 2.05) is 38.1 Å². The first kappa shape index (κ1) is 16.8. The number of hydrogen-bond donors (Lipinski definition) is 1. The molecule has 1 aliphatic heterocycles. The number of hydrogen-bond acceptors (Lipinski definition) is 5. The van der Waals surface area contributed by atoms with Gasteiger partial charge in [-0.15, -0.1) is 0 Å². The number of fused-ring (bicyclic) bond motifs is 1. The number of ether oxygens (including phenoxy) is 3. The molecule has 6 nitrogen and oxygen atoms in total. The van der Waals surface area contributed by atoms with Gasteiger partial charge in [-0.3, -0.25) is 4.79 Å². The molecule has 0 bridgehead atoms. The Morgan fingerprint density at radius 2 is 1.76 bits per heavy atom. The Labute approximate surface area is 145 Å². The Hall–Kier alpha value is -3.02. The van der Waals surface area contributed by atoms with Crippen molar-refractivity contribution in [3.63, 3.8) is 0 Å². The summed E-state index contributed by atoms with van der Waals surface area (Å²) in [5, 5.41) is 2.76. The van der Waals surface area contributed by atoms with Crippen molar-refractivity contribution < 1.29 is 23.8 Å². The van der Waals surface area contributed by atoms with Gasteiger partial charge in [-0.2, -0.15) is 0 Å². The van der Waals surface area contributed by atoms with Crippen LogP contribution in [0, 0.1) is 13.8 Å². The van der Waals surface area contributed by atoms with Crippen molar-refractivity contribution in [2.75, 3.05) is 18.5 Å². The van der Waals surface area contributed by atoms with Crippen molar-refractivity contribution in [3.8, 4) is 11.5 Å². The van der Waals surface area contributed by atoms with Gasteiger partial charge < -0.3 is 19.5 Å². The van der Waals surface area contributed by atoms with Crippen molar-refractivity contribution >= 4 is 17.6 Å². The van der Waals surface area contributed by atoms with Gasteiger partial charge in [0.25, 0.3) is 5.91 Å². The molecule has 2 aromatic carbocycles. The number of rotatable bonds is 4. The number of benzene rings is 2. The number of carbonyl (C=O) groups excluding carboxylic acids is 2.